The topological polar surface area (TPSA) is 68.9 Å². The van der Waals surface area contributed by atoms with E-state index in [0.717, 1.165) is 9.35 Å². The number of thiophene rings is 1. The van der Waals surface area contributed by atoms with Gasteiger partial charge >= 0.3 is 0 Å². The van der Waals surface area contributed by atoms with Crippen LogP contribution in [0.1, 0.15) is 0 Å². The van der Waals surface area contributed by atoms with Crippen molar-refractivity contribution in [2.45, 2.75) is 0 Å². The molecule has 2 heterocycles. The van der Waals surface area contributed by atoms with Crippen LogP contribution in [0.15, 0.2) is 33.4 Å². The van der Waals surface area contributed by atoms with Gasteiger partial charge in [0.1, 0.15) is 5.15 Å². The average molecular weight is 371 g/mol. The van der Waals surface area contributed by atoms with E-state index < -0.39 is 4.92 Å². The van der Waals surface area contributed by atoms with Crippen LogP contribution >= 0.6 is 38.9 Å². The SMILES string of the molecule is O=[N+]([O-])c1ccc2c(Cl)nc(-c3csc(Br)c3)nc2c1. The maximum absolute atomic E-state index is 10.8. The van der Waals surface area contributed by atoms with Crippen molar-refractivity contribution < 1.29 is 4.92 Å². The van der Waals surface area contributed by atoms with Crippen LogP contribution in [0.5, 0.6) is 0 Å². The number of aromatic nitrogens is 2. The standard InChI is InChI=1S/C12H5BrClN3O2S/c13-10-3-6(5-20-10)12-15-9-4-7(17(18)19)1-2-8(9)11(14)16-12/h1-5H. The highest BCUT2D eigenvalue weighted by molar-refractivity contribution is 9.11. The molecule has 0 radical (unpaired) electrons. The van der Waals surface area contributed by atoms with Gasteiger partial charge in [0, 0.05) is 28.5 Å². The van der Waals surface area contributed by atoms with Gasteiger partial charge in [0.2, 0.25) is 0 Å². The summed E-state index contributed by atoms with van der Waals surface area (Å²) >= 11 is 11.0. The van der Waals surface area contributed by atoms with Crippen LogP contribution < -0.4 is 0 Å². The van der Waals surface area contributed by atoms with Crippen LogP contribution in [0.25, 0.3) is 22.3 Å². The van der Waals surface area contributed by atoms with Gasteiger partial charge in [-0.15, -0.1) is 11.3 Å². The van der Waals surface area contributed by atoms with Gasteiger partial charge in [-0.1, -0.05) is 11.6 Å². The van der Waals surface area contributed by atoms with Crippen molar-refractivity contribution in [1.82, 2.24) is 9.97 Å². The molecular formula is C12H5BrClN3O2S. The van der Waals surface area contributed by atoms with Gasteiger partial charge in [-0.2, -0.15) is 0 Å². The lowest BCUT2D eigenvalue weighted by Crippen LogP contribution is -1.93. The third-order valence-electron chi connectivity index (χ3n) is 2.67. The molecule has 0 spiro atoms. The maximum Gasteiger partial charge on any atom is 0.271 e. The van der Waals surface area contributed by atoms with Crippen molar-refractivity contribution in [2.75, 3.05) is 0 Å². The molecule has 1 aromatic carbocycles. The van der Waals surface area contributed by atoms with E-state index in [1.54, 1.807) is 6.07 Å². The Morgan fingerprint density at radius 2 is 2.10 bits per heavy atom. The van der Waals surface area contributed by atoms with E-state index in [-0.39, 0.29) is 10.8 Å². The predicted octanol–water partition coefficient (Wildman–Crippen LogP) is 4.68. The van der Waals surface area contributed by atoms with Crippen LogP contribution in [0.2, 0.25) is 5.15 Å². The molecule has 100 valence electrons. The fourth-order valence-corrected chi connectivity index (χ4v) is 3.12. The Bertz CT molecular complexity index is 837. The van der Waals surface area contributed by atoms with E-state index in [1.165, 1.54) is 23.5 Å². The van der Waals surface area contributed by atoms with Gasteiger partial charge in [0.05, 0.1) is 14.2 Å². The lowest BCUT2D eigenvalue weighted by molar-refractivity contribution is -0.384. The Balaban J connectivity index is 2.23. The number of hydrogen-bond donors (Lipinski definition) is 0. The van der Waals surface area contributed by atoms with E-state index in [4.69, 9.17) is 11.6 Å². The fraction of sp³-hybridized carbons (Fsp3) is 0. The molecule has 0 atom stereocenters. The summed E-state index contributed by atoms with van der Waals surface area (Å²) in [4.78, 5) is 18.9. The predicted molar refractivity (Wildman–Crippen MR) is 82.2 cm³/mol. The van der Waals surface area contributed by atoms with Crippen molar-refractivity contribution in [3.63, 3.8) is 0 Å². The van der Waals surface area contributed by atoms with E-state index in [9.17, 15) is 10.1 Å². The Morgan fingerprint density at radius 3 is 2.75 bits per heavy atom. The number of nitro groups is 1. The summed E-state index contributed by atoms with van der Waals surface area (Å²) in [6, 6.07) is 6.22. The zero-order valence-corrected chi connectivity index (χ0v) is 12.9. The van der Waals surface area contributed by atoms with Crippen molar-refractivity contribution in [1.29, 1.82) is 0 Å². The molecule has 0 bridgehead atoms. The fourth-order valence-electron chi connectivity index (χ4n) is 1.75. The van der Waals surface area contributed by atoms with Gasteiger partial charge in [0.25, 0.3) is 5.69 Å². The molecule has 0 N–H and O–H groups in total. The molecule has 0 aliphatic rings. The third-order valence-corrected chi connectivity index (χ3v) is 4.46. The van der Waals surface area contributed by atoms with E-state index in [0.29, 0.717) is 16.7 Å². The third kappa shape index (κ3) is 2.39. The molecule has 0 aliphatic heterocycles. The largest absolute Gasteiger partial charge is 0.271 e. The molecule has 2 aromatic heterocycles. The number of halogens is 2. The molecule has 3 aromatic rings. The summed E-state index contributed by atoms with van der Waals surface area (Å²) in [5, 5.41) is 13.6. The summed E-state index contributed by atoms with van der Waals surface area (Å²) in [6.07, 6.45) is 0. The highest BCUT2D eigenvalue weighted by atomic mass is 79.9. The molecule has 20 heavy (non-hydrogen) atoms. The highest BCUT2D eigenvalue weighted by Crippen LogP contribution is 2.31. The minimum atomic E-state index is -0.462. The summed E-state index contributed by atoms with van der Waals surface area (Å²) < 4.78 is 0.950. The Kier molecular flexibility index (Phi) is 3.41. The number of benzene rings is 1. The van der Waals surface area contributed by atoms with Crippen LogP contribution in [0.3, 0.4) is 0 Å². The molecule has 0 saturated heterocycles. The van der Waals surface area contributed by atoms with Crippen LogP contribution in [0.4, 0.5) is 5.69 Å². The first-order valence-electron chi connectivity index (χ1n) is 5.41. The van der Waals surface area contributed by atoms with Crippen LogP contribution in [-0.2, 0) is 0 Å². The highest BCUT2D eigenvalue weighted by Gasteiger charge is 2.13. The van der Waals surface area contributed by atoms with Crippen molar-refractivity contribution in [3.05, 3.63) is 48.7 Å². The number of hydrogen-bond acceptors (Lipinski definition) is 5. The van der Waals surface area contributed by atoms with Crippen LogP contribution in [0, 0.1) is 10.1 Å². The molecule has 0 saturated carbocycles. The Hall–Kier alpha value is -1.57. The number of nitro benzene ring substituents is 1. The zero-order chi connectivity index (χ0) is 14.3. The van der Waals surface area contributed by atoms with Crippen LogP contribution in [-0.4, -0.2) is 14.9 Å². The number of nitrogens with zero attached hydrogens (tertiary/aromatic N) is 3. The van der Waals surface area contributed by atoms with E-state index in [1.807, 2.05) is 11.4 Å². The Labute approximate surface area is 130 Å². The van der Waals surface area contributed by atoms with E-state index in [2.05, 4.69) is 25.9 Å². The van der Waals surface area contributed by atoms with Crippen molar-refractivity contribution in [2.24, 2.45) is 0 Å². The number of fused-ring (bicyclic) bond motifs is 1. The molecule has 0 amide bonds. The smallest absolute Gasteiger partial charge is 0.258 e. The summed E-state index contributed by atoms with van der Waals surface area (Å²) in [5.74, 6) is 0.449. The summed E-state index contributed by atoms with van der Waals surface area (Å²) in [6.45, 7) is 0. The first-order valence-corrected chi connectivity index (χ1v) is 7.46. The quantitative estimate of drug-likeness (QED) is 0.373. The van der Waals surface area contributed by atoms with Gasteiger partial charge in [-0.3, -0.25) is 10.1 Å². The second-order valence-electron chi connectivity index (χ2n) is 3.94. The summed E-state index contributed by atoms with van der Waals surface area (Å²) in [7, 11) is 0. The molecular weight excluding hydrogens is 366 g/mol. The van der Waals surface area contributed by atoms with Gasteiger partial charge in [0.15, 0.2) is 5.82 Å². The minimum Gasteiger partial charge on any atom is -0.258 e. The normalized spacial score (nSPS) is 10.9. The number of non-ortho nitro benzene ring substituents is 1. The summed E-state index contributed by atoms with van der Waals surface area (Å²) in [5.41, 5.74) is 1.25. The Morgan fingerprint density at radius 1 is 1.30 bits per heavy atom. The van der Waals surface area contributed by atoms with Gasteiger partial charge < -0.3 is 0 Å². The lowest BCUT2D eigenvalue weighted by atomic mass is 10.2. The molecule has 8 heteroatoms. The van der Waals surface area contributed by atoms with Crippen molar-refractivity contribution >= 4 is 55.5 Å². The zero-order valence-electron chi connectivity index (χ0n) is 9.71. The monoisotopic (exact) mass is 369 g/mol. The lowest BCUT2D eigenvalue weighted by Gasteiger charge is -2.03. The minimum absolute atomic E-state index is 0.0234. The number of rotatable bonds is 2. The molecule has 0 aliphatic carbocycles. The second-order valence-corrected chi connectivity index (χ2v) is 6.58. The molecule has 5 nitrogen and oxygen atoms in total. The molecule has 0 unspecified atom stereocenters. The second kappa shape index (κ2) is 5.08. The average Bonchev–Trinajstić information content (AvgIpc) is 2.84. The van der Waals surface area contributed by atoms with Gasteiger partial charge in [-0.05, 0) is 28.1 Å². The first-order chi connectivity index (χ1) is 9.54. The maximum atomic E-state index is 10.8. The van der Waals surface area contributed by atoms with Gasteiger partial charge in [-0.25, -0.2) is 9.97 Å². The first kappa shape index (κ1) is 13.4. The van der Waals surface area contributed by atoms with Crippen molar-refractivity contribution in [3.8, 4) is 11.4 Å². The molecule has 0 fully saturated rings. The molecule has 3 rings (SSSR count). The van der Waals surface area contributed by atoms with E-state index >= 15 is 0 Å².